The molecule has 2 aliphatic rings. The minimum absolute atomic E-state index is 0.209. The number of fused-ring (bicyclic) bond motifs is 1. The van der Waals surface area contributed by atoms with Crippen LogP contribution >= 0.6 is 23.4 Å². The van der Waals surface area contributed by atoms with Gasteiger partial charge in [-0.15, -0.1) is 0 Å². The van der Waals surface area contributed by atoms with Gasteiger partial charge in [0.15, 0.2) is 11.4 Å². The number of hydrogen-bond donors (Lipinski definition) is 5. The highest BCUT2D eigenvalue weighted by atomic mass is 35.5. The Morgan fingerprint density at radius 2 is 1.97 bits per heavy atom. The number of piperidine rings is 1. The number of hydrogen-bond acceptors (Lipinski definition) is 11. The van der Waals surface area contributed by atoms with E-state index < -0.39 is 28.5 Å². The molecule has 12 nitrogen and oxygen atoms in total. The first-order valence-electron chi connectivity index (χ1n) is 12.6. The van der Waals surface area contributed by atoms with Crippen LogP contribution in [-0.4, -0.2) is 60.9 Å². The van der Waals surface area contributed by atoms with Crippen molar-refractivity contribution in [3.05, 3.63) is 51.2 Å². The summed E-state index contributed by atoms with van der Waals surface area (Å²) in [7, 11) is 0. The van der Waals surface area contributed by atoms with Crippen molar-refractivity contribution in [1.29, 1.82) is 0 Å². The first-order chi connectivity index (χ1) is 18.7. The molecule has 39 heavy (non-hydrogen) atoms. The van der Waals surface area contributed by atoms with Crippen molar-refractivity contribution in [3.63, 3.8) is 0 Å². The van der Waals surface area contributed by atoms with Gasteiger partial charge in [0.05, 0.1) is 22.5 Å². The van der Waals surface area contributed by atoms with Crippen molar-refractivity contribution in [2.24, 2.45) is 5.73 Å². The summed E-state index contributed by atoms with van der Waals surface area (Å²) in [6, 6.07) is 5.01. The van der Waals surface area contributed by atoms with Crippen molar-refractivity contribution in [3.8, 4) is 5.88 Å². The Kier molecular flexibility index (Phi) is 7.67. The number of aliphatic hydroxyl groups is 1. The molecule has 1 saturated heterocycles. The number of aromatic nitrogens is 4. The molecule has 14 heteroatoms. The number of amides is 1. The monoisotopic (exact) mass is 572 g/mol. The Labute approximate surface area is 233 Å². The third-order valence-corrected chi connectivity index (χ3v) is 8.64. The molecule has 1 aromatic carbocycles. The maximum atomic E-state index is 13.0. The average molecular weight is 573 g/mol. The molecular formula is C25H29ClN8O4S. The Hall–Kier alpha value is -3.39. The standard InChI is InChI=1S/C25H29ClN8O4S/c26-19-14(30-21(35)18-22(36)32-16-6-1-2-9-34(16)24(18)37)4-3-5-15(19)39-23-20(28)31-17(12-29-23)33-10-7-25(38,13-27)8-11-33/h3-5,12,36,38H,1-2,6-11,13,27H2,(H2,28,31)(H,30,35). The highest BCUT2D eigenvalue weighted by Crippen LogP contribution is 2.39. The second kappa shape index (κ2) is 11.0. The molecule has 206 valence electrons. The van der Waals surface area contributed by atoms with Gasteiger partial charge in [-0.2, -0.15) is 4.98 Å². The second-order valence-electron chi connectivity index (χ2n) is 9.65. The number of benzene rings is 1. The van der Waals surface area contributed by atoms with E-state index >= 15 is 0 Å². The summed E-state index contributed by atoms with van der Waals surface area (Å²) in [6.07, 6.45) is 4.91. The smallest absolute Gasteiger partial charge is 0.270 e. The van der Waals surface area contributed by atoms with Crippen LogP contribution < -0.4 is 27.2 Å². The SMILES string of the molecule is NCC1(O)CCN(c2cnc(Sc3cccc(NC(=O)c4c(O)nc5n(c4=O)CCCC5)c3Cl)c(N)n2)CC1. The van der Waals surface area contributed by atoms with E-state index in [-0.39, 0.29) is 23.1 Å². The quantitative estimate of drug-likeness (QED) is 0.291. The highest BCUT2D eigenvalue weighted by Gasteiger charge is 2.31. The number of carbonyl (C=O) groups is 1. The van der Waals surface area contributed by atoms with Crippen LogP contribution in [0.2, 0.25) is 5.02 Å². The Bertz CT molecular complexity index is 1480. The first-order valence-corrected chi connectivity index (χ1v) is 13.8. The van der Waals surface area contributed by atoms with E-state index in [4.69, 9.17) is 23.1 Å². The van der Waals surface area contributed by atoms with Gasteiger partial charge < -0.3 is 31.9 Å². The Balaban J connectivity index is 1.32. The number of anilines is 3. The number of nitrogen functional groups attached to an aromatic ring is 1. The fraction of sp³-hybridized carbons (Fsp3) is 0.400. The zero-order chi connectivity index (χ0) is 27.7. The third-order valence-electron chi connectivity index (χ3n) is 7.06. The fourth-order valence-corrected chi connectivity index (χ4v) is 5.80. The van der Waals surface area contributed by atoms with Crippen molar-refractivity contribution in [1.82, 2.24) is 19.5 Å². The van der Waals surface area contributed by atoms with Crippen molar-refractivity contribution in [2.45, 2.75) is 54.2 Å². The van der Waals surface area contributed by atoms with E-state index in [1.165, 1.54) is 16.3 Å². The average Bonchev–Trinajstić information content (AvgIpc) is 2.92. The van der Waals surface area contributed by atoms with Gasteiger partial charge in [-0.05, 0) is 37.8 Å². The molecule has 0 bridgehead atoms. The molecule has 0 spiro atoms. The van der Waals surface area contributed by atoms with Crippen LogP contribution in [0.5, 0.6) is 5.88 Å². The summed E-state index contributed by atoms with van der Waals surface area (Å²) in [5.41, 5.74) is 10.3. The van der Waals surface area contributed by atoms with Gasteiger partial charge >= 0.3 is 0 Å². The molecule has 2 aromatic heterocycles. The Morgan fingerprint density at radius 3 is 2.69 bits per heavy atom. The lowest BCUT2D eigenvalue weighted by molar-refractivity contribution is 0.0248. The molecule has 5 rings (SSSR count). The van der Waals surface area contributed by atoms with Crippen molar-refractivity contribution < 1.29 is 15.0 Å². The van der Waals surface area contributed by atoms with E-state index in [1.54, 1.807) is 24.4 Å². The molecule has 0 aliphatic carbocycles. The second-order valence-corrected chi connectivity index (χ2v) is 11.1. The predicted octanol–water partition coefficient (Wildman–Crippen LogP) is 2.00. The van der Waals surface area contributed by atoms with Crippen LogP contribution in [0.4, 0.5) is 17.3 Å². The molecular weight excluding hydrogens is 544 g/mol. The lowest BCUT2D eigenvalue weighted by Crippen LogP contribution is -2.49. The summed E-state index contributed by atoms with van der Waals surface area (Å²) in [5.74, 6) is -0.120. The lowest BCUT2D eigenvalue weighted by atomic mass is 9.92. The number of aryl methyl sites for hydroxylation is 1. The number of halogens is 1. The van der Waals surface area contributed by atoms with Gasteiger partial charge in [-0.3, -0.25) is 14.2 Å². The topological polar surface area (TPSA) is 186 Å². The maximum absolute atomic E-state index is 13.0. The molecule has 3 aromatic rings. The van der Waals surface area contributed by atoms with Crippen molar-refractivity contribution in [2.75, 3.05) is 35.6 Å². The van der Waals surface area contributed by atoms with E-state index in [2.05, 4.69) is 20.3 Å². The molecule has 0 radical (unpaired) electrons. The van der Waals surface area contributed by atoms with Crippen LogP contribution in [0.1, 0.15) is 41.9 Å². The van der Waals surface area contributed by atoms with Gasteiger partial charge in [0.2, 0.25) is 5.88 Å². The highest BCUT2D eigenvalue weighted by molar-refractivity contribution is 7.99. The minimum Gasteiger partial charge on any atom is -0.493 e. The maximum Gasteiger partial charge on any atom is 0.270 e. The van der Waals surface area contributed by atoms with Gasteiger partial charge in [0.25, 0.3) is 11.5 Å². The van der Waals surface area contributed by atoms with Gasteiger partial charge in [-0.1, -0.05) is 29.4 Å². The zero-order valence-electron chi connectivity index (χ0n) is 21.1. The number of nitrogens with two attached hydrogens (primary N) is 2. The van der Waals surface area contributed by atoms with E-state index in [0.717, 1.165) is 12.8 Å². The molecule has 2 aliphatic heterocycles. The summed E-state index contributed by atoms with van der Waals surface area (Å²) >= 11 is 7.78. The number of aromatic hydroxyl groups is 1. The summed E-state index contributed by atoms with van der Waals surface area (Å²) < 4.78 is 1.43. The van der Waals surface area contributed by atoms with Crippen LogP contribution in [-0.2, 0) is 13.0 Å². The van der Waals surface area contributed by atoms with Gasteiger partial charge in [0.1, 0.15) is 16.7 Å². The minimum atomic E-state index is -0.855. The van der Waals surface area contributed by atoms with E-state index in [0.29, 0.717) is 60.5 Å². The number of nitrogens with one attached hydrogen (secondary N) is 1. The number of nitrogens with zero attached hydrogens (tertiary/aromatic N) is 5. The van der Waals surface area contributed by atoms with Crippen molar-refractivity contribution >= 4 is 46.6 Å². The first kappa shape index (κ1) is 27.2. The summed E-state index contributed by atoms with van der Waals surface area (Å²) in [4.78, 5) is 41.5. The predicted molar refractivity (Wildman–Crippen MR) is 149 cm³/mol. The number of rotatable bonds is 6. The van der Waals surface area contributed by atoms with Gasteiger partial charge in [0, 0.05) is 37.5 Å². The summed E-state index contributed by atoms with van der Waals surface area (Å²) in [6.45, 7) is 1.83. The molecule has 0 atom stereocenters. The van der Waals surface area contributed by atoms with E-state index in [1.807, 2.05) is 4.90 Å². The lowest BCUT2D eigenvalue weighted by Gasteiger charge is -2.37. The molecule has 0 unspecified atom stereocenters. The molecule has 0 saturated carbocycles. The van der Waals surface area contributed by atoms with Crippen LogP contribution in [0.15, 0.2) is 39.1 Å². The van der Waals surface area contributed by atoms with Crippen LogP contribution in [0.25, 0.3) is 0 Å². The molecule has 1 fully saturated rings. The summed E-state index contributed by atoms with van der Waals surface area (Å²) in [5, 5.41) is 23.9. The van der Waals surface area contributed by atoms with Crippen LogP contribution in [0, 0.1) is 0 Å². The molecule has 7 N–H and O–H groups in total. The largest absolute Gasteiger partial charge is 0.493 e. The fourth-order valence-electron chi connectivity index (χ4n) is 4.70. The van der Waals surface area contributed by atoms with Crippen LogP contribution in [0.3, 0.4) is 0 Å². The Morgan fingerprint density at radius 1 is 1.21 bits per heavy atom. The molecule has 1 amide bonds. The molecule has 4 heterocycles. The van der Waals surface area contributed by atoms with E-state index in [9.17, 15) is 19.8 Å². The number of carbonyl (C=O) groups excluding carboxylic acids is 1. The normalized spacial score (nSPS) is 16.5. The third kappa shape index (κ3) is 5.53. The zero-order valence-corrected chi connectivity index (χ0v) is 22.6. The van der Waals surface area contributed by atoms with Gasteiger partial charge in [-0.25, -0.2) is 9.97 Å².